The van der Waals surface area contributed by atoms with Gasteiger partial charge in [-0.25, -0.2) is 0 Å². The van der Waals surface area contributed by atoms with Gasteiger partial charge in [-0.3, -0.25) is 4.99 Å². The molecule has 0 aliphatic carbocycles. The number of benzene rings is 1. The molecule has 0 saturated heterocycles. The van der Waals surface area contributed by atoms with Crippen LogP contribution >= 0.6 is 24.0 Å². The summed E-state index contributed by atoms with van der Waals surface area (Å²) in [6.45, 7) is 8.05. The molecule has 0 atom stereocenters. The highest BCUT2D eigenvalue weighted by Gasteiger charge is 2.21. The maximum absolute atomic E-state index is 10.4. The molecule has 0 unspecified atom stereocenters. The normalized spacial score (nSPS) is 12.1. The molecule has 0 spiro atoms. The number of hydrogen-bond donors (Lipinski definition) is 4. The minimum atomic E-state index is -0.709. The number of halogens is 1. The third-order valence-electron chi connectivity index (χ3n) is 4.55. The second-order valence-corrected chi connectivity index (χ2v) is 6.16. The molecule has 0 aliphatic heterocycles. The summed E-state index contributed by atoms with van der Waals surface area (Å²) in [7, 11) is 0. The predicted octanol–water partition coefficient (Wildman–Crippen LogP) is 3.43. The Morgan fingerprint density at radius 3 is 2.56 bits per heavy atom. The summed E-state index contributed by atoms with van der Waals surface area (Å²) in [5, 5.41) is 18.2. The number of hydrogen-bond acceptors (Lipinski definition) is 2. The highest BCUT2D eigenvalue weighted by Crippen LogP contribution is 2.17. The molecule has 0 amide bonds. The molecule has 25 heavy (non-hydrogen) atoms. The highest BCUT2D eigenvalue weighted by atomic mass is 127. The Labute approximate surface area is 167 Å². The van der Waals surface area contributed by atoms with E-state index in [1.807, 2.05) is 26.8 Å². The molecular weight excluding hydrogens is 427 g/mol. The molecule has 6 heteroatoms. The van der Waals surface area contributed by atoms with E-state index in [4.69, 9.17) is 0 Å². The Bertz CT molecular complexity index is 664. The summed E-state index contributed by atoms with van der Waals surface area (Å²) >= 11 is 0. The molecule has 0 radical (unpaired) electrons. The first-order valence-corrected chi connectivity index (χ1v) is 8.91. The quantitative estimate of drug-likeness (QED) is 0.278. The van der Waals surface area contributed by atoms with E-state index in [9.17, 15) is 5.11 Å². The maximum atomic E-state index is 10.4. The Morgan fingerprint density at radius 2 is 1.88 bits per heavy atom. The van der Waals surface area contributed by atoms with Crippen molar-refractivity contribution in [1.29, 1.82) is 0 Å². The van der Waals surface area contributed by atoms with Crippen LogP contribution in [-0.2, 0) is 6.42 Å². The van der Waals surface area contributed by atoms with E-state index in [2.05, 4.69) is 45.0 Å². The van der Waals surface area contributed by atoms with Gasteiger partial charge in [-0.2, -0.15) is 0 Å². The number of H-pyrrole nitrogens is 1. The average molecular weight is 458 g/mol. The van der Waals surface area contributed by atoms with E-state index < -0.39 is 5.60 Å². The van der Waals surface area contributed by atoms with Gasteiger partial charge in [0.2, 0.25) is 0 Å². The van der Waals surface area contributed by atoms with Gasteiger partial charge in [0.25, 0.3) is 0 Å². The Balaban J connectivity index is 0.00000312. The molecule has 0 fully saturated rings. The summed E-state index contributed by atoms with van der Waals surface area (Å²) < 4.78 is 0. The topological polar surface area (TPSA) is 72.4 Å². The number of aliphatic hydroxyl groups is 1. The second kappa shape index (κ2) is 10.7. The second-order valence-electron chi connectivity index (χ2n) is 6.16. The van der Waals surface area contributed by atoms with Crippen LogP contribution in [0.5, 0.6) is 0 Å². The summed E-state index contributed by atoms with van der Waals surface area (Å²) in [6.07, 6.45) is 4.41. The van der Waals surface area contributed by atoms with Gasteiger partial charge in [-0.15, -0.1) is 24.0 Å². The number of nitrogens with zero attached hydrogens (tertiary/aromatic N) is 1. The van der Waals surface area contributed by atoms with Gasteiger partial charge < -0.3 is 20.7 Å². The van der Waals surface area contributed by atoms with E-state index >= 15 is 0 Å². The van der Waals surface area contributed by atoms with Gasteiger partial charge in [0, 0.05) is 30.2 Å². The van der Waals surface area contributed by atoms with Gasteiger partial charge in [0.15, 0.2) is 5.96 Å². The molecule has 0 saturated carbocycles. The number of aromatic amines is 1. The van der Waals surface area contributed by atoms with Crippen molar-refractivity contribution in [2.24, 2.45) is 4.99 Å². The lowest BCUT2D eigenvalue weighted by Crippen LogP contribution is -2.40. The van der Waals surface area contributed by atoms with Crippen LogP contribution in [0.3, 0.4) is 0 Å². The molecule has 2 aromatic rings. The first kappa shape index (κ1) is 21.8. The number of rotatable bonds is 8. The smallest absolute Gasteiger partial charge is 0.191 e. The summed E-state index contributed by atoms with van der Waals surface area (Å²) in [5.74, 6) is 0.762. The largest absolute Gasteiger partial charge is 0.388 e. The van der Waals surface area contributed by atoms with Crippen molar-refractivity contribution in [2.75, 3.05) is 19.6 Å². The number of nitrogens with one attached hydrogen (secondary N) is 3. The molecule has 4 N–H and O–H groups in total. The van der Waals surface area contributed by atoms with Crippen molar-refractivity contribution < 1.29 is 5.11 Å². The van der Waals surface area contributed by atoms with Crippen LogP contribution in [0.4, 0.5) is 0 Å². The maximum Gasteiger partial charge on any atom is 0.191 e. The van der Waals surface area contributed by atoms with E-state index in [0.717, 1.165) is 25.5 Å². The van der Waals surface area contributed by atoms with Gasteiger partial charge in [-0.05, 0) is 37.8 Å². The molecule has 0 aliphatic rings. The van der Waals surface area contributed by atoms with Crippen molar-refractivity contribution in [3.8, 4) is 0 Å². The number of aliphatic imine (C=N–C) groups is 1. The van der Waals surface area contributed by atoms with Gasteiger partial charge in [0.1, 0.15) is 0 Å². The first-order chi connectivity index (χ1) is 11.6. The molecule has 1 heterocycles. The highest BCUT2D eigenvalue weighted by molar-refractivity contribution is 14.0. The van der Waals surface area contributed by atoms with Crippen LogP contribution in [0.2, 0.25) is 0 Å². The fourth-order valence-corrected chi connectivity index (χ4v) is 2.70. The Hall–Kier alpha value is -1.28. The zero-order chi connectivity index (χ0) is 17.4. The van der Waals surface area contributed by atoms with Gasteiger partial charge in [0.05, 0.1) is 12.1 Å². The van der Waals surface area contributed by atoms with E-state index in [1.165, 1.54) is 16.5 Å². The average Bonchev–Trinajstić information content (AvgIpc) is 3.03. The Kier molecular flexibility index (Phi) is 9.27. The SMILES string of the molecule is CCNC(=NCC(O)(CC)CC)NCCc1c[nH]c2ccccc12.I. The zero-order valence-corrected chi connectivity index (χ0v) is 17.8. The van der Waals surface area contributed by atoms with Crippen molar-refractivity contribution >= 4 is 40.8 Å². The molecule has 140 valence electrons. The minimum absolute atomic E-state index is 0. The lowest BCUT2D eigenvalue weighted by Gasteiger charge is -2.23. The van der Waals surface area contributed by atoms with E-state index in [0.29, 0.717) is 19.4 Å². The van der Waals surface area contributed by atoms with Crippen LogP contribution in [-0.4, -0.2) is 41.3 Å². The van der Waals surface area contributed by atoms with Crippen LogP contribution in [0, 0.1) is 0 Å². The first-order valence-electron chi connectivity index (χ1n) is 8.91. The standard InChI is InChI=1S/C19H30N4O.HI/c1-4-19(24,5-2)14-23-18(20-6-3)21-12-11-15-13-22-17-10-8-7-9-16(15)17;/h7-10,13,22,24H,4-6,11-12,14H2,1-3H3,(H2,20,21,23);1H. The third-order valence-corrected chi connectivity index (χ3v) is 4.55. The predicted molar refractivity (Wildman–Crippen MR) is 117 cm³/mol. The lowest BCUT2D eigenvalue weighted by molar-refractivity contribution is 0.0418. The number of para-hydroxylation sites is 1. The van der Waals surface area contributed by atoms with E-state index in [1.54, 1.807) is 0 Å². The summed E-state index contributed by atoms with van der Waals surface area (Å²) in [5.41, 5.74) is 1.76. The minimum Gasteiger partial charge on any atom is -0.388 e. The summed E-state index contributed by atoms with van der Waals surface area (Å²) in [4.78, 5) is 7.85. The number of fused-ring (bicyclic) bond motifs is 1. The molecule has 1 aromatic heterocycles. The number of guanidine groups is 1. The third kappa shape index (κ3) is 6.18. The van der Waals surface area contributed by atoms with Crippen LogP contribution in [0.1, 0.15) is 39.2 Å². The monoisotopic (exact) mass is 458 g/mol. The Morgan fingerprint density at radius 1 is 1.16 bits per heavy atom. The molecule has 2 rings (SSSR count). The van der Waals surface area contributed by atoms with E-state index in [-0.39, 0.29) is 24.0 Å². The van der Waals surface area contributed by atoms with Crippen LogP contribution in [0.25, 0.3) is 10.9 Å². The zero-order valence-electron chi connectivity index (χ0n) is 15.4. The van der Waals surface area contributed by atoms with Gasteiger partial charge >= 0.3 is 0 Å². The summed E-state index contributed by atoms with van der Waals surface area (Å²) in [6, 6.07) is 8.34. The van der Waals surface area contributed by atoms with Crippen molar-refractivity contribution in [3.05, 3.63) is 36.0 Å². The lowest BCUT2D eigenvalue weighted by atomic mass is 9.98. The fourth-order valence-electron chi connectivity index (χ4n) is 2.70. The van der Waals surface area contributed by atoms with Gasteiger partial charge in [-0.1, -0.05) is 32.0 Å². The fraction of sp³-hybridized carbons (Fsp3) is 0.526. The van der Waals surface area contributed by atoms with Crippen LogP contribution < -0.4 is 10.6 Å². The number of aromatic nitrogens is 1. The molecule has 1 aromatic carbocycles. The van der Waals surface area contributed by atoms with Crippen molar-refractivity contribution in [3.63, 3.8) is 0 Å². The molecule has 0 bridgehead atoms. The molecular formula is C19H31IN4O. The van der Waals surface area contributed by atoms with Crippen molar-refractivity contribution in [2.45, 2.75) is 45.6 Å². The molecule has 5 nitrogen and oxygen atoms in total. The van der Waals surface area contributed by atoms with Crippen molar-refractivity contribution in [1.82, 2.24) is 15.6 Å². The van der Waals surface area contributed by atoms with Crippen LogP contribution in [0.15, 0.2) is 35.5 Å².